The summed E-state index contributed by atoms with van der Waals surface area (Å²) in [5.41, 5.74) is 0. The summed E-state index contributed by atoms with van der Waals surface area (Å²) in [7, 11) is -3.22. The second-order valence-electron chi connectivity index (χ2n) is 5.56. The van der Waals surface area contributed by atoms with Gasteiger partial charge in [-0.05, 0) is 44.7 Å². The van der Waals surface area contributed by atoms with Crippen LogP contribution in [0, 0.1) is 5.92 Å². The minimum absolute atomic E-state index is 0.217. The SMILES string of the molecule is CS(=O)(=O)CC(=O)N(CC1CCCNC1)C1CC1. The Labute approximate surface area is 109 Å². The van der Waals surface area contributed by atoms with E-state index in [1.165, 1.54) is 0 Å². The Balaban J connectivity index is 1.92. The number of nitrogens with zero attached hydrogens (tertiary/aromatic N) is 1. The molecule has 0 bridgehead atoms. The first-order valence-corrected chi connectivity index (χ1v) is 8.69. The molecule has 2 fully saturated rings. The van der Waals surface area contributed by atoms with Gasteiger partial charge in [0.25, 0.3) is 0 Å². The number of rotatable bonds is 5. The van der Waals surface area contributed by atoms with Crippen LogP contribution in [0.1, 0.15) is 25.7 Å². The predicted octanol–water partition coefficient (Wildman–Crippen LogP) is 0.0216. The van der Waals surface area contributed by atoms with Gasteiger partial charge < -0.3 is 10.2 Å². The monoisotopic (exact) mass is 274 g/mol. The summed E-state index contributed by atoms with van der Waals surface area (Å²) in [5, 5.41) is 3.33. The molecule has 0 spiro atoms. The van der Waals surface area contributed by atoms with Gasteiger partial charge in [-0.25, -0.2) is 8.42 Å². The summed E-state index contributed by atoms with van der Waals surface area (Å²) in [6.07, 6.45) is 5.44. The van der Waals surface area contributed by atoms with E-state index < -0.39 is 9.84 Å². The van der Waals surface area contributed by atoms with Gasteiger partial charge in [0.2, 0.25) is 5.91 Å². The third-order valence-electron chi connectivity index (χ3n) is 3.55. The van der Waals surface area contributed by atoms with E-state index in [0.717, 1.165) is 45.0 Å². The Morgan fingerprint density at radius 2 is 2.06 bits per heavy atom. The van der Waals surface area contributed by atoms with Crippen LogP contribution in [0.25, 0.3) is 0 Å². The van der Waals surface area contributed by atoms with Crippen LogP contribution in [0.3, 0.4) is 0 Å². The molecule has 0 aromatic heterocycles. The van der Waals surface area contributed by atoms with E-state index in [-0.39, 0.29) is 11.7 Å². The maximum atomic E-state index is 12.0. The van der Waals surface area contributed by atoms with Gasteiger partial charge in [-0.2, -0.15) is 0 Å². The normalized spacial score (nSPS) is 24.8. The number of piperidine rings is 1. The van der Waals surface area contributed by atoms with Crippen LogP contribution in [0.4, 0.5) is 0 Å². The molecule has 1 saturated heterocycles. The summed E-state index contributed by atoms with van der Waals surface area (Å²) in [4.78, 5) is 13.8. The first kappa shape index (κ1) is 13.8. The fourth-order valence-electron chi connectivity index (χ4n) is 2.51. The number of sulfone groups is 1. The van der Waals surface area contributed by atoms with E-state index in [2.05, 4.69) is 5.32 Å². The molecule has 2 rings (SSSR count). The molecular formula is C12H22N2O3S. The Morgan fingerprint density at radius 1 is 1.33 bits per heavy atom. The lowest BCUT2D eigenvalue weighted by Crippen LogP contribution is -2.44. The van der Waals surface area contributed by atoms with E-state index in [9.17, 15) is 13.2 Å². The minimum atomic E-state index is -3.22. The third kappa shape index (κ3) is 4.24. The highest BCUT2D eigenvalue weighted by atomic mass is 32.2. The lowest BCUT2D eigenvalue weighted by atomic mass is 9.99. The second kappa shape index (κ2) is 5.57. The van der Waals surface area contributed by atoms with Crippen LogP contribution in [0.2, 0.25) is 0 Å². The largest absolute Gasteiger partial charge is 0.339 e. The lowest BCUT2D eigenvalue weighted by Gasteiger charge is -2.30. The molecule has 5 nitrogen and oxygen atoms in total. The average molecular weight is 274 g/mol. The van der Waals surface area contributed by atoms with Crippen molar-refractivity contribution in [3.8, 4) is 0 Å². The van der Waals surface area contributed by atoms with Crippen LogP contribution in [-0.2, 0) is 14.6 Å². The fraction of sp³-hybridized carbons (Fsp3) is 0.917. The second-order valence-corrected chi connectivity index (χ2v) is 7.70. The van der Waals surface area contributed by atoms with Crippen LogP contribution in [-0.4, -0.2) is 56.9 Å². The van der Waals surface area contributed by atoms with Crippen molar-refractivity contribution in [3.05, 3.63) is 0 Å². The minimum Gasteiger partial charge on any atom is -0.339 e. The molecule has 1 amide bonds. The standard InChI is InChI=1S/C12H22N2O3S/c1-18(16,17)9-12(15)14(11-4-5-11)8-10-3-2-6-13-7-10/h10-11,13H,2-9H2,1H3. The number of nitrogens with one attached hydrogen (secondary N) is 1. The number of hydrogen-bond acceptors (Lipinski definition) is 4. The molecule has 6 heteroatoms. The summed E-state index contributed by atoms with van der Waals surface area (Å²) in [6, 6.07) is 0.293. The van der Waals surface area contributed by atoms with Gasteiger partial charge >= 0.3 is 0 Å². The third-order valence-corrected chi connectivity index (χ3v) is 4.32. The molecule has 18 heavy (non-hydrogen) atoms. The van der Waals surface area contributed by atoms with Gasteiger partial charge in [0.05, 0.1) is 0 Å². The maximum absolute atomic E-state index is 12.0. The Kier molecular flexibility index (Phi) is 4.27. The maximum Gasteiger partial charge on any atom is 0.238 e. The molecule has 0 radical (unpaired) electrons. The van der Waals surface area contributed by atoms with Crippen molar-refractivity contribution in [2.24, 2.45) is 5.92 Å². The van der Waals surface area contributed by atoms with Gasteiger partial charge in [0.1, 0.15) is 5.75 Å². The molecule has 104 valence electrons. The Bertz CT molecular complexity index is 398. The average Bonchev–Trinajstić information content (AvgIpc) is 3.08. The molecule has 1 saturated carbocycles. The Morgan fingerprint density at radius 3 is 2.56 bits per heavy atom. The van der Waals surface area contributed by atoms with E-state index in [4.69, 9.17) is 0 Å². The first-order valence-electron chi connectivity index (χ1n) is 6.63. The number of carbonyl (C=O) groups excluding carboxylic acids is 1. The van der Waals surface area contributed by atoms with E-state index in [0.29, 0.717) is 18.5 Å². The fourth-order valence-corrected chi connectivity index (χ4v) is 3.12. The van der Waals surface area contributed by atoms with Gasteiger partial charge in [0, 0.05) is 18.8 Å². The summed E-state index contributed by atoms with van der Waals surface area (Å²) >= 11 is 0. The zero-order valence-electron chi connectivity index (χ0n) is 10.9. The molecule has 1 atom stereocenters. The van der Waals surface area contributed by atoms with Gasteiger partial charge in [-0.15, -0.1) is 0 Å². The van der Waals surface area contributed by atoms with Crippen LogP contribution < -0.4 is 5.32 Å². The van der Waals surface area contributed by atoms with Crippen LogP contribution in [0.15, 0.2) is 0 Å². The molecule has 1 aliphatic carbocycles. The highest BCUT2D eigenvalue weighted by Crippen LogP contribution is 2.28. The molecule has 2 aliphatic rings. The zero-order chi connectivity index (χ0) is 13.2. The molecule has 1 aliphatic heterocycles. The highest BCUT2D eigenvalue weighted by molar-refractivity contribution is 7.91. The van der Waals surface area contributed by atoms with Gasteiger partial charge in [-0.3, -0.25) is 4.79 Å². The molecule has 1 unspecified atom stereocenters. The van der Waals surface area contributed by atoms with Crippen molar-refractivity contribution >= 4 is 15.7 Å². The van der Waals surface area contributed by atoms with Crippen molar-refractivity contribution in [1.82, 2.24) is 10.2 Å². The highest BCUT2D eigenvalue weighted by Gasteiger charge is 2.35. The molecule has 0 aromatic rings. The zero-order valence-corrected chi connectivity index (χ0v) is 11.7. The molecule has 1 heterocycles. The lowest BCUT2D eigenvalue weighted by molar-refractivity contribution is -0.129. The number of amides is 1. The topological polar surface area (TPSA) is 66.5 Å². The number of carbonyl (C=O) groups is 1. The van der Waals surface area contributed by atoms with Crippen molar-refractivity contribution in [3.63, 3.8) is 0 Å². The summed E-state index contributed by atoms with van der Waals surface area (Å²) in [5.74, 6) is -0.0858. The van der Waals surface area contributed by atoms with Crippen molar-refractivity contribution < 1.29 is 13.2 Å². The summed E-state index contributed by atoms with van der Waals surface area (Å²) < 4.78 is 22.4. The Hall–Kier alpha value is -0.620. The first-order chi connectivity index (χ1) is 8.46. The van der Waals surface area contributed by atoms with Crippen molar-refractivity contribution in [2.45, 2.75) is 31.7 Å². The summed E-state index contributed by atoms with van der Waals surface area (Å²) in [6.45, 7) is 2.71. The van der Waals surface area contributed by atoms with Gasteiger partial charge in [0.15, 0.2) is 9.84 Å². The number of hydrogen-bond donors (Lipinski definition) is 1. The van der Waals surface area contributed by atoms with E-state index in [1.54, 1.807) is 4.90 Å². The van der Waals surface area contributed by atoms with E-state index in [1.807, 2.05) is 0 Å². The quantitative estimate of drug-likeness (QED) is 0.767. The smallest absolute Gasteiger partial charge is 0.238 e. The predicted molar refractivity (Wildman–Crippen MR) is 70.0 cm³/mol. The molecule has 1 N–H and O–H groups in total. The van der Waals surface area contributed by atoms with Crippen molar-refractivity contribution in [2.75, 3.05) is 31.6 Å². The van der Waals surface area contributed by atoms with Crippen LogP contribution >= 0.6 is 0 Å². The van der Waals surface area contributed by atoms with E-state index >= 15 is 0 Å². The molecule has 0 aromatic carbocycles. The van der Waals surface area contributed by atoms with Crippen molar-refractivity contribution in [1.29, 1.82) is 0 Å². The molecular weight excluding hydrogens is 252 g/mol. The van der Waals surface area contributed by atoms with Crippen LogP contribution in [0.5, 0.6) is 0 Å². The van der Waals surface area contributed by atoms with Gasteiger partial charge in [-0.1, -0.05) is 0 Å².